The van der Waals surface area contributed by atoms with Gasteiger partial charge in [-0.2, -0.15) is 0 Å². The molecule has 0 spiro atoms. The van der Waals surface area contributed by atoms with Gasteiger partial charge in [-0.1, -0.05) is 12.2 Å². The van der Waals surface area contributed by atoms with Gasteiger partial charge in [-0.3, -0.25) is 9.59 Å². The molecule has 0 bridgehead atoms. The number of nitrogen functional groups attached to an aromatic ring is 1. The van der Waals surface area contributed by atoms with Crippen LogP contribution in [-0.2, 0) is 4.79 Å². The molecule has 1 aliphatic carbocycles. The summed E-state index contributed by atoms with van der Waals surface area (Å²) in [6, 6.07) is 3.79. The second kappa shape index (κ2) is 8.33. The molecule has 2 amide bonds. The van der Waals surface area contributed by atoms with Crippen molar-refractivity contribution in [2.45, 2.75) is 50.9 Å². The molecule has 3 heterocycles. The Bertz CT molecular complexity index is 762. The fourth-order valence-corrected chi connectivity index (χ4v) is 4.63. The molecule has 1 aromatic heterocycles. The predicted octanol–water partition coefficient (Wildman–Crippen LogP) is 2.96. The third-order valence-corrected chi connectivity index (χ3v) is 6.39. The van der Waals surface area contributed by atoms with Crippen LogP contribution in [0.4, 0.5) is 5.82 Å². The molecule has 6 heteroatoms. The Morgan fingerprint density at radius 3 is 2.43 bits per heavy atom. The largest absolute Gasteiger partial charge is 0.383 e. The van der Waals surface area contributed by atoms with Gasteiger partial charge in [-0.25, -0.2) is 4.98 Å². The van der Waals surface area contributed by atoms with Crippen LogP contribution in [0.3, 0.4) is 0 Å². The molecule has 1 aromatic rings. The third-order valence-electron chi connectivity index (χ3n) is 6.39. The van der Waals surface area contributed by atoms with Crippen LogP contribution in [0.2, 0.25) is 0 Å². The lowest BCUT2D eigenvalue weighted by molar-refractivity contribution is -0.132. The van der Waals surface area contributed by atoms with Gasteiger partial charge in [-0.05, 0) is 56.6 Å². The van der Waals surface area contributed by atoms with E-state index in [1.165, 1.54) is 0 Å². The highest BCUT2D eigenvalue weighted by atomic mass is 16.2. The Morgan fingerprint density at radius 2 is 1.79 bits per heavy atom. The summed E-state index contributed by atoms with van der Waals surface area (Å²) in [5.74, 6) is 1.33. The van der Waals surface area contributed by atoms with Crippen LogP contribution in [0.5, 0.6) is 0 Å². The standard InChI is InChI=1S/C22H30N4O2/c23-21-18(22(28)26-11-3-4-12-26)7-8-19(24-21)17-9-13-25(14-10-17)20(27)15-16-5-1-2-6-16/h1,5,7-8,16-17H,2-4,6,9-15H2,(H2,23,24)/t16-/m1/s1. The number of carbonyl (C=O) groups is 2. The van der Waals surface area contributed by atoms with Crippen LogP contribution >= 0.6 is 0 Å². The zero-order chi connectivity index (χ0) is 19.5. The van der Waals surface area contributed by atoms with Crippen molar-refractivity contribution < 1.29 is 9.59 Å². The maximum atomic E-state index is 12.6. The zero-order valence-electron chi connectivity index (χ0n) is 16.5. The predicted molar refractivity (Wildman–Crippen MR) is 109 cm³/mol. The molecule has 0 radical (unpaired) electrons. The Labute approximate surface area is 166 Å². The highest BCUT2D eigenvalue weighted by Gasteiger charge is 2.27. The molecular formula is C22H30N4O2. The van der Waals surface area contributed by atoms with Crippen LogP contribution in [0.15, 0.2) is 24.3 Å². The molecule has 0 aromatic carbocycles. The lowest BCUT2D eigenvalue weighted by Crippen LogP contribution is -2.38. The highest BCUT2D eigenvalue weighted by Crippen LogP contribution is 2.30. The van der Waals surface area contributed by atoms with Gasteiger partial charge in [0.25, 0.3) is 5.91 Å². The minimum atomic E-state index is -0.00423. The second-order valence-corrected chi connectivity index (χ2v) is 8.29. The van der Waals surface area contributed by atoms with Gasteiger partial charge in [0.15, 0.2) is 0 Å². The zero-order valence-corrected chi connectivity index (χ0v) is 16.5. The number of piperidine rings is 1. The number of pyridine rings is 1. The van der Waals surface area contributed by atoms with Gasteiger partial charge >= 0.3 is 0 Å². The normalized spacial score (nSPS) is 22.8. The smallest absolute Gasteiger partial charge is 0.257 e. The average Bonchev–Trinajstić information content (AvgIpc) is 3.42. The molecule has 3 aliphatic rings. The first-order valence-electron chi connectivity index (χ1n) is 10.6. The molecule has 150 valence electrons. The van der Waals surface area contributed by atoms with Crippen molar-refractivity contribution in [3.05, 3.63) is 35.5 Å². The van der Waals surface area contributed by atoms with E-state index in [1.807, 2.05) is 21.9 Å². The van der Waals surface area contributed by atoms with E-state index in [4.69, 9.17) is 5.73 Å². The van der Waals surface area contributed by atoms with Crippen LogP contribution in [0, 0.1) is 5.92 Å². The summed E-state index contributed by atoms with van der Waals surface area (Å²) in [6.07, 6.45) is 11.1. The molecule has 0 saturated carbocycles. The third kappa shape index (κ3) is 4.05. The number of nitrogens with two attached hydrogens (primary N) is 1. The maximum Gasteiger partial charge on any atom is 0.257 e. The van der Waals surface area contributed by atoms with E-state index in [2.05, 4.69) is 17.1 Å². The van der Waals surface area contributed by atoms with Crippen LogP contribution in [-0.4, -0.2) is 52.8 Å². The number of anilines is 1. The Morgan fingerprint density at radius 1 is 1.04 bits per heavy atom. The second-order valence-electron chi connectivity index (χ2n) is 8.29. The minimum absolute atomic E-state index is 0.00423. The van der Waals surface area contributed by atoms with Crippen LogP contribution in [0.1, 0.15) is 66.9 Å². The van der Waals surface area contributed by atoms with Gasteiger partial charge in [0, 0.05) is 44.2 Å². The van der Waals surface area contributed by atoms with Crippen molar-refractivity contribution >= 4 is 17.6 Å². The van der Waals surface area contributed by atoms with Crippen molar-refractivity contribution in [3.8, 4) is 0 Å². The molecule has 6 nitrogen and oxygen atoms in total. The van der Waals surface area contributed by atoms with Gasteiger partial charge in [0.1, 0.15) is 5.82 Å². The molecule has 4 rings (SSSR count). The van der Waals surface area contributed by atoms with Gasteiger partial charge in [-0.15, -0.1) is 0 Å². The quantitative estimate of drug-likeness (QED) is 0.812. The summed E-state index contributed by atoms with van der Waals surface area (Å²) in [6.45, 7) is 3.16. The van der Waals surface area contributed by atoms with Crippen molar-refractivity contribution in [2.75, 3.05) is 31.9 Å². The molecule has 1 atom stereocenters. The summed E-state index contributed by atoms with van der Waals surface area (Å²) in [5.41, 5.74) is 7.60. The number of aromatic nitrogens is 1. The number of hydrogen-bond donors (Lipinski definition) is 1. The lowest BCUT2D eigenvalue weighted by Gasteiger charge is -2.32. The van der Waals surface area contributed by atoms with Crippen molar-refractivity contribution in [3.63, 3.8) is 0 Å². The van der Waals surface area contributed by atoms with E-state index in [1.54, 1.807) is 0 Å². The van der Waals surface area contributed by atoms with Crippen molar-refractivity contribution in [2.24, 2.45) is 5.92 Å². The number of hydrogen-bond acceptors (Lipinski definition) is 4. The Hall–Kier alpha value is -2.37. The molecule has 0 unspecified atom stereocenters. The fraction of sp³-hybridized carbons (Fsp3) is 0.591. The minimum Gasteiger partial charge on any atom is -0.383 e. The fourth-order valence-electron chi connectivity index (χ4n) is 4.63. The van der Waals surface area contributed by atoms with E-state index in [0.717, 1.165) is 70.4 Å². The molecule has 2 N–H and O–H groups in total. The topological polar surface area (TPSA) is 79.5 Å². The molecule has 28 heavy (non-hydrogen) atoms. The average molecular weight is 383 g/mol. The summed E-state index contributed by atoms with van der Waals surface area (Å²) in [7, 11) is 0. The number of nitrogens with zero attached hydrogens (tertiary/aromatic N) is 3. The van der Waals surface area contributed by atoms with Gasteiger partial charge in [0.05, 0.1) is 5.56 Å². The highest BCUT2D eigenvalue weighted by molar-refractivity contribution is 5.98. The lowest BCUT2D eigenvalue weighted by atomic mass is 9.92. The Kier molecular flexibility index (Phi) is 5.64. The molecule has 2 saturated heterocycles. The first-order chi connectivity index (χ1) is 13.6. The van der Waals surface area contributed by atoms with Crippen LogP contribution < -0.4 is 5.73 Å². The van der Waals surface area contributed by atoms with E-state index >= 15 is 0 Å². The van der Waals surface area contributed by atoms with E-state index < -0.39 is 0 Å². The summed E-state index contributed by atoms with van der Waals surface area (Å²) < 4.78 is 0. The van der Waals surface area contributed by atoms with E-state index in [-0.39, 0.29) is 11.8 Å². The SMILES string of the molecule is Nc1nc(C2CCN(C(=O)C[C@@H]3C=CCC3)CC2)ccc1C(=O)N1CCCC1. The van der Waals surface area contributed by atoms with Gasteiger partial charge in [0.2, 0.25) is 5.91 Å². The maximum absolute atomic E-state index is 12.6. The summed E-state index contributed by atoms with van der Waals surface area (Å²) >= 11 is 0. The van der Waals surface area contributed by atoms with Crippen molar-refractivity contribution in [1.29, 1.82) is 0 Å². The number of amides is 2. The van der Waals surface area contributed by atoms with E-state index in [0.29, 0.717) is 29.6 Å². The molecule has 2 aliphatic heterocycles. The molecular weight excluding hydrogens is 352 g/mol. The first kappa shape index (κ1) is 19.0. The van der Waals surface area contributed by atoms with E-state index in [9.17, 15) is 9.59 Å². The summed E-state index contributed by atoms with van der Waals surface area (Å²) in [5, 5.41) is 0. The van der Waals surface area contributed by atoms with Crippen molar-refractivity contribution in [1.82, 2.24) is 14.8 Å². The molecule has 2 fully saturated rings. The monoisotopic (exact) mass is 382 g/mol. The Balaban J connectivity index is 1.34. The summed E-state index contributed by atoms with van der Waals surface area (Å²) in [4.78, 5) is 33.5. The number of likely N-dealkylation sites (tertiary alicyclic amines) is 2. The van der Waals surface area contributed by atoms with Gasteiger partial charge < -0.3 is 15.5 Å². The first-order valence-corrected chi connectivity index (χ1v) is 10.6. The number of carbonyl (C=O) groups excluding carboxylic acids is 2. The number of rotatable bonds is 4. The number of allylic oxidation sites excluding steroid dienone is 2. The van der Waals surface area contributed by atoms with Crippen LogP contribution in [0.25, 0.3) is 0 Å².